The molecule has 3 heteroatoms. The summed E-state index contributed by atoms with van der Waals surface area (Å²) in [6, 6.07) is 16.9. The summed E-state index contributed by atoms with van der Waals surface area (Å²) in [5.74, 6) is -1.13. The molecule has 2 nitrogen and oxygen atoms in total. The standard InChI is InChI=1S/C15H10O2.Li/c16-15(17)14-12-7-3-1-5-10(12)9-11-6-2-4-8-13(11)14;/h1-9H,(H,16,17);/q;+1/p-1. The van der Waals surface area contributed by atoms with Crippen molar-refractivity contribution in [1.29, 1.82) is 0 Å². The molecule has 0 saturated carbocycles. The van der Waals surface area contributed by atoms with Crippen LogP contribution in [0.4, 0.5) is 0 Å². The molecule has 0 aliphatic heterocycles. The van der Waals surface area contributed by atoms with Gasteiger partial charge in [0.1, 0.15) is 0 Å². The first-order valence-corrected chi connectivity index (χ1v) is 5.39. The van der Waals surface area contributed by atoms with Gasteiger partial charge in [0.15, 0.2) is 0 Å². The van der Waals surface area contributed by atoms with Gasteiger partial charge in [-0.25, -0.2) is 0 Å². The van der Waals surface area contributed by atoms with Crippen LogP contribution in [0, 0.1) is 0 Å². The third kappa shape index (κ3) is 1.90. The van der Waals surface area contributed by atoms with Crippen molar-refractivity contribution < 1.29 is 28.8 Å². The number of rotatable bonds is 1. The minimum absolute atomic E-state index is 0. The maximum atomic E-state index is 11.3. The molecule has 0 spiro atoms. The Balaban J connectivity index is 0.00000120. The normalized spacial score (nSPS) is 10.2. The molecule has 0 saturated heterocycles. The SMILES string of the molecule is O=C([O-])c1c2ccccc2cc2ccccc12.[Li+]. The zero-order chi connectivity index (χ0) is 11.8. The summed E-state index contributed by atoms with van der Waals surface area (Å²) in [7, 11) is 0. The summed E-state index contributed by atoms with van der Waals surface area (Å²) in [6.07, 6.45) is 0. The molecule has 0 heterocycles. The number of carboxylic acids is 1. The summed E-state index contributed by atoms with van der Waals surface area (Å²) in [6.45, 7) is 0. The number of carbonyl (C=O) groups excluding carboxylic acids is 1. The first-order valence-electron chi connectivity index (χ1n) is 5.39. The van der Waals surface area contributed by atoms with E-state index in [9.17, 15) is 9.90 Å². The molecule has 0 N–H and O–H groups in total. The quantitative estimate of drug-likeness (QED) is 0.410. The first-order chi connectivity index (χ1) is 8.27. The number of carbonyl (C=O) groups is 1. The monoisotopic (exact) mass is 228 g/mol. The van der Waals surface area contributed by atoms with E-state index in [1.54, 1.807) is 0 Å². The van der Waals surface area contributed by atoms with Gasteiger partial charge in [-0.3, -0.25) is 0 Å². The Labute approximate surface area is 116 Å². The Hall–Kier alpha value is -1.75. The van der Waals surface area contributed by atoms with Gasteiger partial charge in [0.05, 0.1) is 5.97 Å². The molecule has 0 radical (unpaired) electrons. The van der Waals surface area contributed by atoms with E-state index in [1.165, 1.54) is 0 Å². The number of benzene rings is 3. The van der Waals surface area contributed by atoms with Crippen LogP contribution in [0.25, 0.3) is 21.5 Å². The van der Waals surface area contributed by atoms with Crippen LogP contribution < -0.4 is 24.0 Å². The summed E-state index contributed by atoms with van der Waals surface area (Å²) in [5, 5.41) is 14.6. The Bertz CT molecular complexity index is 681. The van der Waals surface area contributed by atoms with Gasteiger partial charge in [0.2, 0.25) is 0 Å². The molecule has 0 unspecified atom stereocenters. The number of hydrogen-bond acceptors (Lipinski definition) is 2. The third-order valence-electron chi connectivity index (χ3n) is 2.98. The van der Waals surface area contributed by atoms with Crippen molar-refractivity contribution in [2.75, 3.05) is 0 Å². The topological polar surface area (TPSA) is 40.1 Å². The zero-order valence-corrected chi connectivity index (χ0v) is 10.0. The summed E-state index contributed by atoms with van der Waals surface area (Å²) < 4.78 is 0. The predicted octanol–water partition coefficient (Wildman–Crippen LogP) is -0.639. The molecule has 82 valence electrons. The van der Waals surface area contributed by atoms with Gasteiger partial charge >= 0.3 is 18.9 Å². The van der Waals surface area contributed by atoms with Gasteiger partial charge in [-0.2, -0.15) is 0 Å². The van der Waals surface area contributed by atoms with E-state index in [-0.39, 0.29) is 24.4 Å². The molecular formula is C15H9LiO2. The molecule has 3 aromatic rings. The molecule has 0 aliphatic carbocycles. The average Bonchev–Trinajstić information content (AvgIpc) is 2.35. The summed E-state index contributed by atoms with van der Waals surface area (Å²) in [4.78, 5) is 11.3. The molecule has 0 aliphatic rings. The second kappa shape index (κ2) is 4.86. The summed E-state index contributed by atoms with van der Waals surface area (Å²) in [5.41, 5.74) is 0.277. The van der Waals surface area contributed by atoms with E-state index in [0.29, 0.717) is 0 Å². The van der Waals surface area contributed by atoms with Gasteiger partial charge in [-0.1, -0.05) is 48.5 Å². The molecular weight excluding hydrogens is 219 g/mol. The minimum atomic E-state index is -1.13. The van der Waals surface area contributed by atoms with Gasteiger partial charge in [0.25, 0.3) is 0 Å². The van der Waals surface area contributed by atoms with Gasteiger partial charge in [-0.15, -0.1) is 0 Å². The van der Waals surface area contributed by atoms with Crippen LogP contribution in [0.2, 0.25) is 0 Å². The fourth-order valence-electron chi connectivity index (χ4n) is 2.23. The molecule has 0 fully saturated rings. The second-order valence-corrected chi connectivity index (χ2v) is 3.98. The first kappa shape index (κ1) is 12.7. The van der Waals surface area contributed by atoms with Crippen molar-refractivity contribution in [2.24, 2.45) is 0 Å². The van der Waals surface area contributed by atoms with Gasteiger partial charge in [-0.05, 0) is 27.6 Å². The Morgan fingerprint density at radius 1 is 0.833 bits per heavy atom. The molecule has 0 atom stereocenters. The van der Waals surface area contributed by atoms with E-state index in [2.05, 4.69) is 0 Å². The van der Waals surface area contributed by atoms with Gasteiger partial charge in [0, 0.05) is 5.56 Å². The number of hydrogen-bond donors (Lipinski definition) is 0. The number of carboxylic acid groups (broad SMARTS) is 1. The minimum Gasteiger partial charge on any atom is -0.545 e. The molecule has 0 amide bonds. The second-order valence-electron chi connectivity index (χ2n) is 3.98. The number of fused-ring (bicyclic) bond motifs is 2. The van der Waals surface area contributed by atoms with Crippen molar-refractivity contribution in [2.45, 2.75) is 0 Å². The molecule has 18 heavy (non-hydrogen) atoms. The van der Waals surface area contributed by atoms with E-state index in [4.69, 9.17) is 0 Å². The molecule has 3 aromatic carbocycles. The van der Waals surface area contributed by atoms with E-state index in [0.717, 1.165) is 21.5 Å². The van der Waals surface area contributed by atoms with E-state index in [1.807, 2.05) is 54.6 Å². The fourth-order valence-corrected chi connectivity index (χ4v) is 2.23. The van der Waals surface area contributed by atoms with Crippen LogP contribution in [-0.4, -0.2) is 5.97 Å². The fraction of sp³-hybridized carbons (Fsp3) is 0. The van der Waals surface area contributed by atoms with Crippen molar-refractivity contribution in [1.82, 2.24) is 0 Å². The predicted molar refractivity (Wildman–Crippen MR) is 65.8 cm³/mol. The molecule has 0 aromatic heterocycles. The average molecular weight is 228 g/mol. The number of aromatic carboxylic acids is 1. The maximum Gasteiger partial charge on any atom is 1.00 e. The third-order valence-corrected chi connectivity index (χ3v) is 2.98. The summed E-state index contributed by atoms with van der Waals surface area (Å²) >= 11 is 0. The largest absolute Gasteiger partial charge is 1.00 e. The van der Waals surface area contributed by atoms with Crippen LogP contribution in [-0.2, 0) is 0 Å². The van der Waals surface area contributed by atoms with Crippen LogP contribution in [0.5, 0.6) is 0 Å². The van der Waals surface area contributed by atoms with Crippen LogP contribution >= 0.6 is 0 Å². The maximum absolute atomic E-state index is 11.3. The van der Waals surface area contributed by atoms with Crippen LogP contribution in [0.3, 0.4) is 0 Å². The Kier molecular flexibility index (Phi) is 3.43. The van der Waals surface area contributed by atoms with Crippen molar-refractivity contribution >= 4 is 27.5 Å². The van der Waals surface area contributed by atoms with Crippen molar-refractivity contribution in [3.05, 3.63) is 60.2 Å². The van der Waals surface area contributed by atoms with Crippen molar-refractivity contribution in [3.8, 4) is 0 Å². The Morgan fingerprint density at radius 2 is 1.28 bits per heavy atom. The van der Waals surface area contributed by atoms with E-state index >= 15 is 0 Å². The Morgan fingerprint density at radius 3 is 1.72 bits per heavy atom. The van der Waals surface area contributed by atoms with Crippen molar-refractivity contribution in [3.63, 3.8) is 0 Å². The van der Waals surface area contributed by atoms with Gasteiger partial charge < -0.3 is 9.90 Å². The van der Waals surface area contributed by atoms with Crippen LogP contribution in [0.1, 0.15) is 10.4 Å². The van der Waals surface area contributed by atoms with E-state index < -0.39 is 5.97 Å². The molecule has 3 rings (SSSR count). The smallest absolute Gasteiger partial charge is 0.545 e. The zero-order valence-electron chi connectivity index (χ0n) is 10.0. The van der Waals surface area contributed by atoms with Crippen LogP contribution in [0.15, 0.2) is 54.6 Å². The molecule has 0 bridgehead atoms.